The van der Waals surface area contributed by atoms with Crippen molar-refractivity contribution in [3.8, 4) is 0 Å². The van der Waals surface area contributed by atoms with Gasteiger partial charge in [0.05, 0.1) is 0 Å². The zero-order valence-corrected chi connectivity index (χ0v) is 14.9. The minimum Gasteiger partial charge on any atom is -0.0683 e. The predicted molar refractivity (Wildman–Crippen MR) is 95.5 cm³/mol. The zero-order valence-electron chi connectivity index (χ0n) is 14.9. The van der Waals surface area contributed by atoms with Crippen LogP contribution in [-0.2, 0) is 0 Å². The Morgan fingerprint density at radius 2 is 1.10 bits per heavy atom. The lowest BCUT2D eigenvalue weighted by Crippen LogP contribution is -1.83. The normalized spacial score (nSPS) is 9.35. The van der Waals surface area contributed by atoms with E-state index in [1.165, 1.54) is 50.5 Å². The first kappa shape index (κ1) is 21.5. The highest BCUT2D eigenvalue weighted by Crippen LogP contribution is 2.11. The summed E-state index contributed by atoms with van der Waals surface area (Å²) in [5.41, 5.74) is 1.41. The maximum atomic E-state index is 2.26. The van der Waals surface area contributed by atoms with Crippen LogP contribution in [0.5, 0.6) is 0 Å². The van der Waals surface area contributed by atoms with Crippen molar-refractivity contribution < 1.29 is 0 Å². The van der Waals surface area contributed by atoms with Gasteiger partial charge in [0.15, 0.2) is 0 Å². The van der Waals surface area contributed by atoms with Crippen LogP contribution in [0, 0.1) is 0 Å². The van der Waals surface area contributed by atoms with Crippen molar-refractivity contribution in [3.05, 3.63) is 35.9 Å². The summed E-state index contributed by atoms with van der Waals surface area (Å²) in [6.45, 7) is 12.9. The molecule has 0 heterocycles. The molecule has 0 atom stereocenters. The molecule has 1 rings (SSSR count). The molecule has 0 saturated carbocycles. The molecule has 0 radical (unpaired) electrons. The smallest absolute Gasteiger partial charge is 0.0219 e. The lowest BCUT2D eigenvalue weighted by molar-refractivity contribution is 0.602. The molecule has 0 aliphatic carbocycles. The van der Waals surface area contributed by atoms with Gasteiger partial charge in [-0.3, -0.25) is 0 Å². The average Bonchev–Trinajstić information content (AvgIpc) is 2.51. The van der Waals surface area contributed by atoms with E-state index in [0.717, 1.165) is 0 Å². The SMILES string of the molecule is CC.CC(C)c1ccccc1.CCCCCCCCC. The van der Waals surface area contributed by atoms with Gasteiger partial charge in [0.1, 0.15) is 0 Å². The zero-order chi connectivity index (χ0) is 15.6. The maximum absolute atomic E-state index is 2.26. The van der Waals surface area contributed by atoms with E-state index >= 15 is 0 Å². The molecule has 0 amide bonds. The highest BCUT2D eigenvalue weighted by Gasteiger charge is 1.93. The Hall–Kier alpha value is -0.780. The van der Waals surface area contributed by atoms with E-state index in [4.69, 9.17) is 0 Å². The molecule has 20 heavy (non-hydrogen) atoms. The van der Waals surface area contributed by atoms with Crippen molar-refractivity contribution in [1.29, 1.82) is 0 Å². The van der Waals surface area contributed by atoms with Crippen LogP contribution in [0.25, 0.3) is 0 Å². The second-order valence-corrected chi connectivity index (χ2v) is 5.33. The molecule has 0 saturated heterocycles. The third-order valence-corrected chi connectivity index (χ3v) is 3.17. The Labute approximate surface area is 129 Å². The molecule has 0 fully saturated rings. The Morgan fingerprint density at radius 1 is 0.700 bits per heavy atom. The Bertz CT molecular complexity index is 242. The van der Waals surface area contributed by atoms with Gasteiger partial charge in [-0.2, -0.15) is 0 Å². The molecule has 1 aromatic rings. The number of hydrogen-bond donors (Lipinski definition) is 0. The van der Waals surface area contributed by atoms with Gasteiger partial charge in [-0.1, -0.05) is 117 Å². The van der Waals surface area contributed by atoms with Gasteiger partial charge in [-0.25, -0.2) is 0 Å². The Kier molecular flexibility index (Phi) is 19.6. The highest BCUT2D eigenvalue weighted by atomic mass is 14.0. The van der Waals surface area contributed by atoms with Gasteiger partial charge in [-0.05, 0) is 11.5 Å². The maximum Gasteiger partial charge on any atom is -0.0219 e. The molecule has 0 spiro atoms. The summed E-state index contributed by atoms with van der Waals surface area (Å²) in [4.78, 5) is 0. The molecule has 0 aliphatic heterocycles. The molecule has 0 aliphatic rings. The van der Waals surface area contributed by atoms with Crippen LogP contribution < -0.4 is 0 Å². The molecule has 0 heteroatoms. The summed E-state index contributed by atoms with van der Waals surface area (Å²) in [5.74, 6) is 0.659. The lowest BCUT2D eigenvalue weighted by Gasteiger charge is -2.01. The van der Waals surface area contributed by atoms with Gasteiger partial charge in [-0.15, -0.1) is 0 Å². The lowest BCUT2D eigenvalue weighted by atomic mass is 10.0. The van der Waals surface area contributed by atoms with Gasteiger partial charge in [0, 0.05) is 0 Å². The minimum atomic E-state index is 0.659. The Balaban J connectivity index is 0. The first-order valence-electron chi connectivity index (χ1n) is 8.77. The van der Waals surface area contributed by atoms with Crippen molar-refractivity contribution in [1.82, 2.24) is 0 Å². The van der Waals surface area contributed by atoms with E-state index in [1.807, 2.05) is 19.9 Å². The first-order chi connectivity index (χ1) is 9.72. The fourth-order valence-electron chi connectivity index (χ4n) is 1.87. The second-order valence-electron chi connectivity index (χ2n) is 5.33. The quantitative estimate of drug-likeness (QED) is 0.450. The largest absolute Gasteiger partial charge is 0.0683 e. The summed E-state index contributed by atoms with van der Waals surface area (Å²) in [7, 11) is 0. The van der Waals surface area contributed by atoms with Crippen LogP contribution in [-0.4, -0.2) is 0 Å². The van der Waals surface area contributed by atoms with Gasteiger partial charge in [0.2, 0.25) is 0 Å². The molecular weight excluding hydrogens is 240 g/mol. The van der Waals surface area contributed by atoms with Gasteiger partial charge >= 0.3 is 0 Å². The summed E-state index contributed by atoms with van der Waals surface area (Å²) < 4.78 is 0. The van der Waals surface area contributed by atoms with Crippen molar-refractivity contribution in [2.45, 2.75) is 92.4 Å². The van der Waals surface area contributed by atoms with Crippen molar-refractivity contribution in [2.75, 3.05) is 0 Å². The van der Waals surface area contributed by atoms with E-state index in [1.54, 1.807) is 0 Å². The molecule has 118 valence electrons. The summed E-state index contributed by atoms with van der Waals surface area (Å²) in [6, 6.07) is 10.5. The molecule has 0 N–H and O–H groups in total. The number of benzene rings is 1. The minimum absolute atomic E-state index is 0.659. The van der Waals surface area contributed by atoms with Crippen LogP contribution in [0.2, 0.25) is 0 Å². The Morgan fingerprint density at radius 3 is 1.40 bits per heavy atom. The predicted octanol–water partition coefficient (Wildman–Crippen LogP) is 7.59. The van der Waals surface area contributed by atoms with E-state index in [0.29, 0.717) is 5.92 Å². The van der Waals surface area contributed by atoms with Crippen LogP contribution in [0.4, 0.5) is 0 Å². The monoisotopic (exact) mass is 278 g/mol. The molecule has 0 unspecified atom stereocenters. The average molecular weight is 279 g/mol. The molecule has 0 bridgehead atoms. The van der Waals surface area contributed by atoms with E-state index in [-0.39, 0.29) is 0 Å². The van der Waals surface area contributed by atoms with E-state index < -0.39 is 0 Å². The highest BCUT2D eigenvalue weighted by molar-refractivity contribution is 5.17. The summed E-state index contributed by atoms with van der Waals surface area (Å²) in [6.07, 6.45) is 9.97. The number of hydrogen-bond acceptors (Lipinski definition) is 0. The van der Waals surface area contributed by atoms with Crippen molar-refractivity contribution in [3.63, 3.8) is 0 Å². The first-order valence-corrected chi connectivity index (χ1v) is 8.77. The summed E-state index contributed by atoms with van der Waals surface area (Å²) >= 11 is 0. The third-order valence-electron chi connectivity index (χ3n) is 3.17. The molecular formula is C20H38. The molecule has 0 aromatic heterocycles. The fraction of sp³-hybridized carbons (Fsp3) is 0.700. The van der Waals surface area contributed by atoms with Crippen LogP contribution in [0.3, 0.4) is 0 Å². The van der Waals surface area contributed by atoms with Gasteiger partial charge in [0.25, 0.3) is 0 Å². The standard InChI is InChI=1S/C9H12.C9H20.C2H6/c1-8(2)9-6-4-3-5-7-9;1-3-5-7-9-8-6-4-2;1-2/h3-8H,1-2H3;3-9H2,1-2H3;1-2H3. The number of rotatable bonds is 7. The van der Waals surface area contributed by atoms with E-state index in [2.05, 4.69) is 52.0 Å². The summed E-state index contributed by atoms with van der Waals surface area (Å²) in [5, 5.41) is 0. The second kappa shape index (κ2) is 18.2. The van der Waals surface area contributed by atoms with Gasteiger partial charge < -0.3 is 0 Å². The topological polar surface area (TPSA) is 0 Å². The third kappa shape index (κ3) is 15.3. The number of unbranched alkanes of at least 4 members (excludes halogenated alkanes) is 6. The van der Waals surface area contributed by atoms with E-state index in [9.17, 15) is 0 Å². The molecule has 0 nitrogen and oxygen atoms in total. The van der Waals surface area contributed by atoms with Crippen LogP contribution in [0.1, 0.15) is 98.0 Å². The van der Waals surface area contributed by atoms with Crippen molar-refractivity contribution >= 4 is 0 Å². The van der Waals surface area contributed by atoms with Crippen molar-refractivity contribution in [2.24, 2.45) is 0 Å². The molecule has 1 aromatic carbocycles. The fourth-order valence-corrected chi connectivity index (χ4v) is 1.87. The van der Waals surface area contributed by atoms with Crippen LogP contribution in [0.15, 0.2) is 30.3 Å². The van der Waals surface area contributed by atoms with Crippen LogP contribution >= 0.6 is 0 Å².